The summed E-state index contributed by atoms with van der Waals surface area (Å²) in [5, 5.41) is 13.0. The van der Waals surface area contributed by atoms with Gasteiger partial charge in [0.1, 0.15) is 11.6 Å². The van der Waals surface area contributed by atoms with Crippen molar-refractivity contribution in [3.05, 3.63) is 101 Å². The van der Waals surface area contributed by atoms with E-state index in [9.17, 15) is 4.39 Å². The third-order valence-corrected chi connectivity index (χ3v) is 5.19. The Bertz CT molecular complexity index is 1250. The molecule has 0 radical (unpaired) electrons. The molecule has 3 aromatic carbocycles. The highest BCUT2D eigenvalue weighted by Gasteiger charge is 2.19. The molecular formula is C24H17F2N3. The highest BCUT2D eigenvalue weighted by Crippen LogP contribution is 2.34. The number of fused-ring (bicyclic) bond motifs is 2. The maximum atomic E-state index is 15.3. The zero-order valence-corrected chi connectivity index (χ0v) is 15.5. The second kappa shape index (κ2) is 7.18. The molecule has 29 heavy (non-hydrogen) atoms. The Balaban J connectivity index is 1.66. The molecule has 2 heterocycles. The Morgan fingerprint density at radius 1 is 0.862 bits per heavy atom. The van der Waals surface area contributed by atoms with Gasteiger partial charge in [-0.1, -0.05) is 24.3 Å². The lowest BCUT2D eigenvalue weighted by Gasteiger charge is -2.15. The van der Waals surface area contributed by atoms with Crippen molar-refractivity contribution in [2.75, 3.05) is 6.54 Å². The minimum absolute atomic E-state index is 0.286. The first-order valence-corrected chi connectivity index (χ1v) is 9.40. The fourth-order valence-corrected chi connectivity index (χ4v) is 3.84. The van der Waals surface area contributed by atoms with Crippen LogP contribution in [0.25, 0.3) is 27.6 Å². The average Bonchev–Trinajstić information content (AvgIpc) is 2.97. The predicted molar refractivity (Wildman–Crippen MR) is 110 cm³/mol. The summed E-state index contributed by atoms with van der Waals surface area (Å²) in [7, 11) is 0. The molecule has 0 spiro atoms. The number of hydrogen-bond acceptors (Lipinski definition) is 3. The van der Waals surface area contributed by atoms with E-state index in [2.05, 4.69) is 15.5 Å². The van der Waals surface area contributed by atoms with Crippen LogP contribution in [0, 0.1) is 11.6 Å². The normalized spacial score (nSPS) is 13.7. The fourth-order valence-electron chi connectivity index (χ4n) is 3.84. The third kappa shape index (κ3) is 3.30. The largest absolute Gasteiger partial charge is 0.309 e. The van der Waals surface area contributed by atoms with Crippen molar-refractivity contribution in [3.63, 3.8) is 0 Å². The number of benzene rings is 3. The second-order valence-corrected chi connectivity index (χ2v) is 7.06. The van der Waals surface area contributed by atoms with Gasteiger partial charge in [-0.25, -0.2) is 8.78 Å². The van der Waals surface area contributed by atoms with E-state index >= 15 is 4.39 Å². The van der Waals surface area contributed by atoms with Gasteiger partial charge in [-0.15, -0.1) is 0 Å². The third-order valence-electron chi connectivity index (χ3n) is 5.19. The first-order valence-electron chi connectivity index (χ1n) is 9.40. The summed E-state index contributed by atoms with van der Waals surface area (Å²) in [5.74, 6) is -0.594. The smallest absolute Gasteiger partial charge is 0.132 e. The molecule has 4 aromatic rings. The van der Waals surface area contributed by atoms with Gasteiger partial charge < -0.3 is 5.32 Å². The lowest BCUT2D eigenvalue weighted by atomic mass is 9.90. The van der Waals surface area contributed by atoms with Crippen molar-refractivity contribution < 1.29 is 8.78 Å². The van der Waals surface area contributed by atoms with Crippen LogP contribution >= 0.6 is 0 Å². The van der Waals surface area contributed by atoms with Crippen LogP contribution in [0.2, 0.25) is 0 Å². The Hall–Kier alpha value is -3.44. The molecule has 0 bridgehead atoms. The van der Waals surface area contributed by atoms with E-state index in [0.29, 0.717) is 29.9 Å². The lowest BCUT2D eigenvalue weighted by molar-refractivity contribution is 0.620. The summed E-state index contributed by atoms with van der Waals surface area (Å²) in [6.07, 6.45) is 3.58. The zero-order chi connectivity index (χ0) is 19.8. The van der Waals surface area contributed by atoms with Crippen molar-refractivity contribution in [1.29, 1.82) is 0 Å². The van der Waals surface area contributed by atoms with Gasteiger partial charge in [-0.05, 0) is 69.9 Å². The summed E-state index contributed by atoms with van der Waals surface area (Å²) in [5.41, 5.74) is 4.41. The van der Waals surface area contributed by atoms with Gasteiger partial charge >= 0.3 is 0 Å². The molecule has 0 saturated heterocycles. The van der Waals surface area contributed by atoms with Gasteiger partial charge in [0.2, 0.25) is 0 Å². The molecule has 142 valence electrons. The summed E-state index contributed by atoms with van der Waals surface area (Å²) in [6, 6.07) is 17.6. The number of hydrogen-bond donors (Lipinski definition) is 1. The van der Waals surface area contributed by atoms with Crippen molar-refractivity contribution in [2.45, 2.75) is 6.54 Å². The Morgan fingerprint density at radius 2 is 1.76 bits per heavy atom. The molecule has 5 heteroatoms. The van der Waals surface area contributed by atoms with Crippen LogP contribution in [-0.2, 0) is 6.54 Å². The van der Waals surface area contributed by atoms with Gasteiger partial charge in [0.15, 0.2) is 0 Å². The van der Waals surface area contributed by atoms with Gasteiger partial charge in [-0.2, -0.15) is 10.2 Å². The molecule has 3 nitrogen and oxygen atoms in total. The number of halogens is 2. The van der Waals surface area contributed by atoms with Crippen LogP contribution in [0.5, 0.6) is 0 Å². The Labute approximate surface area is 166 Å². The molecule has 1 aliphatic rings. The van der Waals surface area contributed by atoms with Crippen molar-refractivity contribution in [3.8, 4) is 11.3 Å². The summed E-state index contributed by atoms with van der Waals surface area (Å²) in [4.78, 5) is 0. The number of aromatic nitrogens is 2. The minimum atomic E-state index is -0.308. The van der Waals surface area contributed by atoms with Crippen LogP contribution < -0.4 is 5.32 Å². The highest BCUT2D eigenvalue weighted by molar-refractivity contribution is 5.90. The molecule has 0 unspecified atom stereocenters. The maximum Gasteiger partial charge on any atom is 0.132 e. The van der Waals surface area contributed by atoms with Crippen molar-refractivity contribution >= 4 is 16.3 Å². The molecule has 0 atom stereocenters. The molecule has 1 N–H and O–H groups in total. The van der Waals surface area contributed by atoms with Crippen molar-refractivity contribution in [2.24, 2.45) is 0 Å². The van der Waals surface area contributed by atoms with Crippen LogP contribution in [0.4, 0.5) is 8.78 Å². The molecule has 0 saturated carbocycles. The minimum Gasteiger partial charge on any atom is -0.309 e. The summed E-state index contributed by atoms with van der Waals surface area (Å²) in [6.45, 7) is 1.16. The molecule has 1 aliphatic heterocycles. The van der Waals surface area contributed by atoms with Crippen molar-refractivity contribution in [1.82, 2.24) is 15.5 Å². The van der Waals surface area contributed by atoms with E-state index in [1.807, 2.05) is 36.4 Å². The van der Waals surface area contributed by atoms with E-state index in [1.165, 1.54) is 18.2 Å². The van der Waals surface area contributed by atoms with E-state index in [1.54, 1.807) is 18.3 Å². The van der Waals surface area contributed by atoms with Crippen LogP contribution in [0.3, 0.4) is 0 Å². The maximum absolute atomic E-state index is 15.3. The average molecular weight is 385 g/mol. The number of nitrogens with zero attached hydrogens (tertiary/aromatic N) is 2. The molecule has 0 fully saturated rings. The molecule has 0 aliphatic carbocycles. The monoisotopic (exact) mass is 385 g/mol. The molecule has 0 amide bonds. The second-order valence-electron chi connectivity index (χ2n) is 7.06. The van der Waals surface area contributed by atoms with Gasteiger partial charge in [0, 0.05) is 30.4 Å². The van der Waals surface area contributed by atoms with Gasteiger partial charge in [0.25, 0.3) is 0 Å². The molecule has 5 rings (SSSR count). The standard InChI is InChI=1S/C24H17F2N3/c25-20-6-5-15-3-4-16(10-17(15)12-20)21-7-9-27-14-19-11-18(13-22(26)24(19)21)23-2-1-8-28-29-23/h1-8,10-13,27H,9,14H2. The quantitative estimate of drug-likeness (QED) is 0.521. The fraction of sp³-hybridized carbons (Fsp3) is 0.0833. The lowest BCUT2D eigenvalue weighted by Crippen LogP contribution is -2.12. The van der Waals surface area contributed by atoms with E-state index in [0.717, 1.165) is 27.5 Å². The van der Waals surface area contributed by atoms with Crippen LogP contribution in [-0.4, -0.2) is 16.7 Å². The van der Waals surface area contributed by atoms with Gasteiger partial charge in [-0.3, -0.25) is 0 Å². The zero-order valence-electron chi connectivity index (χ0n) is 15.5. The molecule has 1 aromatic heterocycles. The predicted octanol–water partition coefficient (Wildman–Crippen LogP) is 5.11. The first-order chi connectivity index (χ1) is 14.2. The van der Waals surface area contributed by atoms with E-state index in [-0.39, 0.29) is 11.6 Å². The van der Waals surface area contributed by atoms with E-state index in [4.69, 9.17) is 0 Å². The highest BCUT2D eigenvalue weighted by atomic mass is 19.1. The summed E-state index contributed by atoms with van der Waals surface area (Å²) < 4.78 is 29.0. The van der Waals surface area contributed by atoms with Crippen LogP contribution in [0.1, 0.15) is 16.7 Å². The Kier molecular flexibility index (Phi) is 4.37. The molecular weight excluding hydrogens is 368 g/mol. The van der Waals surface area contributed by atoms with Crippen LogP contribution in [0.15, 0.2) is 72.9 Å². The topological polar surface area (TPSA) is 37.8 Å². The summed E-state index contributed by atoms with van der Waals surface area (Å²) >= 11 is 0. The first kappa shape index (κ1) is 17.6. The van der Waals surface area contributed by atoms with Gasteiger partial charge in [0.05, 0.1) is 5.69 Å². The number of nitrogens with one attached hydrogen (secondary N) is 1. The number of rotatable bonds is 2. The Morgan fingerprint density at radius 3 is 2.62 bits per heavy atom. The van der Waals surface area contributed by atoms with E-state index < -0.39 is 0 Å². The SMILES string of the molecule is Fc1ccc2ccc(C3=CCNCc4cc(-c5cccnn5)cc(F)c43)cc2c1.